The molecule has 1 aromatic heterocycles. The molecule has 0 saturated carbocycles. The first-order valence-electron chi connectivity index (χ1n) is 8.66. The number of halogens is 2. The highest BCUT2D eigenvalue weighted by Crippen LogP contribution is 2.19. The molecule has 0 bridgehead atoms. The van der Waals surface area contributed by atoms with E-state index in [0.717, 1.165) is 10.3 Å². The summed E-state index contributed by atoms with van der Waals surface area (Å²) in [7, 11) is 1.60. The molecule has 2 N–H and O–H groups in total. The van der Waals surface area contributed by atoms with E-state index in [1.54, 1.807) is 13.2 Å². The van der Waals surface area contributed by atoms with Crippen molar-refractivity contribution in [1.29, 1.82) is 0 Å². The molecule has 0 spiro atoms. The van der Waals surface area contributed by atoms with Gasteiger partial charge < -0.3 is 20.1 Å². The SMILES string of the molecule is CCNC(=NCc1nccn1C(F)F)NCC(C)Oc1cccc(OC)c1. The Bertz CT molecular complexity index is 736. The van der Waals surface area contributed by atoms with Crippen molar-refractivity contribution in [2.24, 2.45) is 4.99 Å². The number of aliphatic imine (C=N–C) groups is 1. The summed E-state index contributed by atoms with van der Waals surface area (Å²) >= 11 is 0. The maximum Gasteiger partial charge on any atom is 0.319 e. The number of alkyl halides is 2. The summed E-state index contributed by atoms with van der Waals surface area (Å²) in [5, 5.41) is 6.21. The van der Waals surface area contributed by atoms with E-state index in [0.29, 0.717) is 24.8 Å². The van der Waals surface area contributed by atoms with Crippen molar-refractivity contribution < 1.29 is 18.3 Å². The van der Waals surface area contributed by atoms with Crippen LogP contribution in [-0.4, -0.2) is 41.8 Å². The maximum absolute atomic E-state index is 12.9. The first kappa shape index (κ1) is 20.5. The van der Waals surface area contributed by atoms with E-state index in [4.69, 9.17) is 9.47 Å². The number of imidazole rings is 1. The van der Waals surface area contributed by atoms with Gasteiger partial charge in [-0.1, -0.05) is 6.07 Å². The Labute approximate surface area is 157 Å². The Morgan fingerprint density at radius 3 is 2.78 bits per heavy atom. The van der Waals surface area contributed by atoms with Gasteiger partial charge in [0.25, 0.3) is 0 Å². The van der Waals surface area contributed by atoms with E-state index >= 15 is 0 Å². The average Bonchev–Trinajstić information content (AvgIpc) is 3.13. The summed E-state index contributed by atoms with van der Waals surface area (Å²) in [5.74, 6) is 2.12. The molecule has 1 atom stereocenters. The summed E-state index contributed by atoms with van der Waals surface area (Å²) in [5.41, 5.74) is 0. The Kier molecular flexibility index (Phi) is 7.84. The topological polar surface area (TPSA) is 72.7 Å². The second-order valence-corrected chi connectivity index (χ2v) is 5.71. The molecular formula is C18H25F2N5O2. The van der Waals surface area contributed by atoms with Gasteiger partial charge in [0.1, 0.15) is 30.0 Å². The van der Waals surface area contributed by atoms with Crippen LogP contribution in [0.1, 0.15) is 26.2 Å². The minimum Gasteiger partial charge on any atom is -0.497 e. The van der Waals surface area contributed by atoms with E-state index in [9.17, 15) is 8.78 Å². The lowest BCUT2D eigenvalue weighted by Gasteiger charge is -2.18. The van der Waals surface area contributed by atoms with Gasteiger partial charge in [0.15, 0.2) is 5.96 Å². The van der Waals surface area contributed by atoms with E-state index in [-0.39, 0.29) is 18.5 Å². The van der Waals surface area contributed by atoms with Gasteiger partial charge in [-0.2, -0.15) is 8.78 Å². The van der Waals surface area contributed by atoms with Gasteiger partial charge >= 0.3 is 6.55 Å². The van der Waals surface area contributed by atoms with Crippen LogP contribution in [0.5, 0.6) is 11.5 Å². The van der Waals surface area contributed by atoms with Gasteiger partial charge in [0.2, 0.25) is 0 Å². The quantitative estimate of drug-likeness (QED) is 0.516. The highest BCUT2D eigenvalue weighted by molar-refractivity contribution is 5.79. The average molecular weight is 381 g/mol. The third-order valence-corrected chi connectivity index (χ3v) is 3.62. The number of ether oxygens (including phenoxy) is 2. The Morgan fingerprint density at radius 1 is 1.30 bits per heavy atom. The summed E-state index contributed by atoms with van der Waals surface area (Å²) in [6.07, 6.45) is 2.42. The number of methoxy groups -OCH3 is 1. The fourth-order valence-electron chi connectivity index (χ4n) is 2.32. The molecule has 0 aliphatic carbocycles. The first-order chi connectivity index (χ1) is 13.0. The summed E-state index contributed by atoms with van der Waals surface area (Å²) in [6, 6.07) is 7.35. The third-order valence-electron chi connectivity index (χ3n) is 3.62. The molecule has 0 saturated heterocycles. The second-order valence-electron chi connectivity index (χ2n) is 5.71. The van der Waals surface area contributed by atoms with E-state index in [1.165, 1.54) is 12.4 Å². The van der Waals surface area contributed by atoms with Crippen molar-refractivity contribution in [1.82, 2.24) is 20.2 Å². The van der Waals surface area contributed by atoms with Crippen LogP contribution < -0.4 is 20.1 Å². The van der Waals surface area contributed by atoms with Crippen LogP contribution in [0, 0.1) is 0 Å². The third kappa shape index (κ3) is 6.43. The molecule has 27 heavy (non-hydrogen) atoms. The molecule has 0 aliphatic heterocycles. The zero-order valence-corrected chi connectivity index (χ0v) is 15.7. The van der Waals surface area contributed by atoms with Gasteiger partial charge in [-0.05, 0) is 26.0 Å². The van der Waals surface area contributed by atoms with Crippen molar-refractivity contribution in [3.63, 3.8) is 0 Å². The summed E-state index contributed by atoms with van der Waals surface area (Å²) in [4.78, 5) is 8.23. The molecule has 2 rings (SSSR count). The smallest absolute Gasteiger partial charge is 0.319 e. The number of hydrogen-bond donors (Lipinski definition) is 2. The highest BCUT2D eigenvalue weighted by Gasteiger charge is 2.11. The molecular weight excluding hydrogens is 356 g/mol. The molecule has 1 aromatic carbocycles. The minimum absolute atomic E-state index is 0.0395. The molecule has 0 fully saturated rings. The van der Waals surface area contributed by atoms with Crippen LogP contribution in [0.25, 0.3) is 0 Å². The van der Waals surface area contributed by atoms with Crippen LogP contribution in [0.3, 0.4) is 0 Å². The van der Waals surface area contributed by atoms with Crippen molar-refractivity contribution in [3.05, 3.63) is 42.5 Å². The number of aromatic nitrogens is 2. The van der Waals surface area contributed by atoms with Crippen LogP contribution in [0.4, 0.5) is 8.78 Å². The molecule has 0 amide bonds. The van der Waals surface area contributed by atoms with E-state index < -0.39 is 6.55 Å². The van der Waals surface area contributed by atoms with E-state index in [2.05, 4.69) is 20.6 Å². The fourth-order valence-corrected chi connectivity index (χ4v) is 2.32. The summed E-state index contributed by atoms with van der Waals surface area (Å²) in [6.45, 7) is 2.36. The monoisotopic (exact) mass is 381 g/mol. The van der Waals surface area contributed by atoms with Gasteiger partial charge in [0.05, 0.1) is 13.7 Å². The predicted molar refractivity (Wildman–Crippen MR) is 99.4 cm³/mol. The van der Waals surface area contributed by atoms with Crippen molar-refractivity contribution >= 4 is 5.96 Å². The standard InChI is InChI=1S/C18H25F2N5O2/c1-4-21-18(24-12-16-22-8-9-25(16)17(19)20)23-11-13(2)27-15-7-5-6-14(10-15)26-3/h5-10,13,17H,4,11-12H2,1-3H3,(H2,21,23,24). The number of nitrogens with zero attached hydrogens (tertiary/aromatic N) is 3. The molecule has 148 valence electrons. The molecule has 9 heteroatoms. The van der Waals surface area contributed by atoms with Gasteiger partial charge in [0, 0.05) is 25.0 Å². The Balaban J connectivity index is 1.91. The lowest BCUT2D eigenvalue weighted by atomic mass is 10.3. The summed E-state index contributed by atoms with van der Waals surface area (Å²) < 4.78 is 37.5. The van der Waals surface area contributed by atoms with Crippen LogP contribution in [0.15, 0.2) is 41.7 Å². The van der Waals surface area contributed by atoms with Crippen molar-refractivity contribution in [2.45, 2.75) is 33.0 Å². The molecule has 1 heterocycles. The van der Waals surface area contributed by atoms with Crippen LogP contribution in [-0.2, 0) is 6.54 Å². The van der Waals surface area contributed by atoms with Gasteiger partial charge in [-0.3, -0.25) is 4.57 Å². The Morgan fingerprint density at radius 2 is 2.07 bits per heavy atom. The van der Waals surface area contributed by atoms with Crippen LogP contribution in [0.2, 0.25) is 0 Å². The number of benzene rings is 1. The normalized spacial score (nSPS) is 12.7. The molecule has 2 aromatic rings. The minimum atomic E-state index is -2.63. The second kappa shape index (κ2) is 10.3. The van der Waals surface area contributed by atoms with Gasteiger partial charge in [-0.25, -0.2) is 9.98 Å². The number of nitrogens with one attached hydrogen (secondary N) is 2. The lowest BCUT2D eigenvalue weighted by molar-refractivity contribution is 0.0671. The molecule has 1 unspecified atom stereocenters. The zero-order chi connectivity index (χ0) is 19.6. The van der Waals surface area contributed by atoms with Crippen LogP contribution >= 0.6 is 0 Å². The molecule has 0 radical (unpaired) electrons. The van der Waals surface area contributed by atoms with E-state index in [1.807, 2.05) is 32.0 Å². The van der Waals surface area contributed by atoms with Crippen molar-refractivity contribution in [2.75, 3.05) is 20.2 Å². The Hall–Kier alpha value is -2.84. The first-order valence-corrected chi connectivity index (χ1v) is 8.66. The predicted octanol–water partition coefficient (Wildman–Crippen LogP) is 2.81. The zero-order valence-electron chi connectivity index (χ0n) is 15.7. The highest BCUT2D eigenvalue weighted by atomic mass is 19.3. The molecule has 7 nitrogen and oxygen atoms in total. The molecule has 0 aliphatic rings. The number of hydrogen-bond acceptors (Lipinski definition) is 4. The number of guanidine groups is 1. The fraction of sp³-hybridized carbons (Fsp3) is 0.444. The largest absolute Gasteiger partial charge is 0.497 e. The van der Waals surface area contributed by atoms with Gasteiger partial charge in [-0.15, -0.1) is 0 Å². The lowest BCUT2D eigenvalue weighted by Crippen LogP contribution is -2.41. The van der Waals surface area contributed by atoms with Crippen molar-refractivity contribution in [3.8, 4) is 11.5 Å². The number of rotatable bonds is 9. The maximum atomic E-state index is 12.9.